The molecule has 4 nitrogen and oxygen atoms in total. The fourth-order valence-corrected chi connectivity index (χ4v) is 1.88. The van der Waals surface area contributed by atoms with Gasteiger partial charge >= 0.3 is 0 Å². The van der Waals surface area contributed by atoms with Gasteiger partial charge < -0.3 is 0 Å². The van der Waals surface area contributed by atoms with Crippen LogP contribution >= 0.6 is 0 Å². The zero-order valence-electron chi connectivity index (χ0n) is 11.1. The summed E-state index contributed by atoms with van der Waals surface area (Å²) in [5.74, 6) is 2.55. The van der Waals surface area contributed by atoms with Gasteiger partial charge in [0.15, 0.2) is 5.78 Å². The minimum atomic E-state index is 0.111. The molecule has 98 valence electrons. The summed E-state index contributed by atoms with van der Waals surface area (Å²) in [7, 11) is 0. The van der Waals surface area contributed by atoms with Crippen molar-refractivity contribution in [2.24, 2.45) is 0 Å². The van der Waals surface area contributed by atoms with Crippen LogP contribution in [-0.2, 0) is 11.2 Å². The SMILES string of the molecule is C#CCNCC(=O)Cc1ccn(C(CC)CC)n1. The third-order valence-corrected chi connectivity index (χ3v) is 2.91. The smallest absolute Gasteiger partial charge is 0.152 e. The van der Waals surface area contributed by atoms with Crippen molar-refractivity contribution in [2.45, 2.75) is 39.2 Å². The minimum Gasteiger partial charge on any atom is -0.299 e. The summed E-state index contributed by atoms with van der Waals surface area (Å²) in [4.78, 5) is 11.6. The van der Waals surface area contributed by atoms with E-state index in [0.717, 1.165) is 18.5 Å². The van der Waals surface area contributed by atoms with Gasteiger partial charge in [-0.05, 0) is 18.9 Å². The molecule has 1 heterocycles. The van der Waals surface area contributed by atoms with E-state index in [1.165, 1.54) is 0 Å². The van der Waals surface area contributed by atoms with Gasteiger partial charge in [-0.2, -0.15) is 5.10 Å². The highest BCUT2D eigenvalue weighted by Crippen LogP contribution is 2.14. The monoisotopic (exact) mass is 247 g/mol. The van der Waals surface area contributed by atoms with Crippen LogP contribution in [-0.4, -0.2) is 28.7 Å². The second kappa shape index (κ2) is 7.67. The van der Waals surface area contributed by atoms with Gasteiger partial charge in [-0.3, -0.25) is 14.8 Å². The van der Waals surface area contributed by atoms with E-state index in [4.69, 9.17) is 6.42 Å². The van der Waals surface area contributed by atoms with Crippen LogP contribution in [0.5, 0.6) is 0 Å². The molecular formula is C14H21N3O. The van der Waals surface area contributed by atoms with E-state index < -0.39 is 0 Å². The van der Waals surface area contributed by atoms with Gasteiger partial charge in [-0.1, -0.05) is 19.8 Å². The van der Waals surface area contributed by atoms with Gasteiger partial charge in [0.2, 0.25) is 0 Å². The van der Waals surface area contributed by atoms with Crippen LogP contribution in [0.25, 0.3) is 0 Å². The number of rotatable bonds is 8. The van der Waals surface area contributed by atoms with Crippen molar-refractivity contribution in [3.8, 4) is 12.3 Å². The Hall–Kier alpha value is -1.60. The average molecular weight is 247 g/mol. The molecule has 0 saturated carbocycles. The van der Waals surface area contributed by atoms with Gasteiger partial charge in [0.1, 0.15) is 0 Å². The van der Waals surface area contributed by atoms with Crippen molar-refractivity contribution >= 4 is 5.78 Å². The molecular weight excluding hydrogens is 226 g/mol. The normalized spacial score (nSPS) is 10.6. The number of nitrogens with zero attached hydrogens (tertiary/aromatic N) is 2. The van der Waals surface area contributed by atoms with Gasteiger partial charge in [-0.25, -0.2) is 0 Å². The standard InChI is InChI=1S/C14H21N3O/c1-4-8-15-11-14(18)10-12-7-9-17(16-12)13(5-2)6-3/h1,7,9,13,15H,5-6,8,10-11H2,2-3H3. The van der Waals surface area contributed by atoms with Crippen molar-refractivity contribution in [3.05, 3.63) is 18.0 Å². The van der Waals surface area contributed by atoms with Crippen molar-refractivity contribution in [1.82, 2.24) is 15.1 Å². The lowest BCUT2D eigenvalue weighted by atomic mass is 10.2. The first kappa shape index (κ1) is 14.5. The number of hydrogen-bond acceptors (Lipinski definition) is 3. The highest BCUT2D eigenvalue weighted by atomic mass is 16.1. The quantitative estimate of drug-likeness (QED) is 0.560. The Labute approximate surface area is 109 Å². The van der Waals surface area contributed by atoms with Crippen LogP contribution in [0.15, 0.2) is 12.3 Å². The molecule has 0 aliphatic rings. The summed E-state index contributed by atoms with van der Waals surface area (Å²) >= 11 is 0. The van der Waals surface area contributed by atoms with Gasteiger partial charge in [0, 0.05) is 6.20 Å². The molecule has 0 aliphatic carbocycles. The van der Waals surface area contributed by atoms with E-state index in [-0.39, 0.29) is 5.78 Å². The number of carbonyl (C=O) groups excluding carboxylic acids is 1. The van der Waals surface area contributed by atoms with Crippen LogP contribution in [0, 0.1) is 12.3 Å². The summed E-state index contributed by atoms with van der Waals surface area (Å²) in [5, 5.41) is 7.33. The number of hydrogen-bond donors (Lipinski definition) is 1. The summed E-state index contributed by atoms with van der Waals surface area (Å²) in [6.45, 7) is 5.02. The molecule has 0 aromatic carbocycles. The molecule has 0 amide bonds. The maximum atomic E-state index is 11.6. The van der Waals surface area contributed by atoms with Crippen LogP contribution in [0.4, 0.5) is 0 Å². The molecule has 1 aromatic rings. The van der Waals surface area contributed by atoms with E-state index in [1.54, 1.807) is 0 Å². The Morgan fingerprint density at radius 1 is 1.56 bits per heavy atom. The van der Waals surface area contributed by atoms with E-state index in [9.17, 15) is 4.79 Å². The Morgan fingerprint density at radius 3 is 2.89 bits per heavy atom. The number of aromatic nitrogens is 2. The number of Topliss-reactive ketones (excluding diaryl/α,β-unsaturated/α-hetero) is 1. The molecule has 0 saturated heterocycles. The van der Waals surface area contributed by atoms with Gasteiger partial charge in [-0.15, -0.1) is 6.42 Å². The predicted molar refractivity (Wildman–Crippen MR) is 72.3 cm³/mol. The third kappa shape index (κ3) is 4.34. The summed E-state index contributed by atoms with van der Waals surface area (Å²) in [6.07, 6.45) is 9.52. The molecule has 4 heteroatoms. The molecule has 1 N–H and O–H groups in total. The summed E-state index contributed by atoms with van der Waals surface area (Å²) in [5.41, 5.74) is 0.828. The number of ketones is 1. The number of nitrogens with one attached hydrogen (secondary N) is 1. The summed E-state index contributed by atoms with van der Waals surface area (Å²) in [6, 6.07) is 2.34. The fourth-order valence-electron chi connectivity index (χ4n) is 1.88. The van der Waals surface area contributed by atoms with Gasteiger partial charge in [0.25, 0.3) is 0 Å². The lowest BCUT2D eigenvalue weighted by Crippen LogP contribution is -2.24. The number of terminal acetylenes is 1. The molecule has 0 bridgehead atoms. The molecule has 18 heavy (non-hydrogen) atoms. The maximum absolute atomic E-state index is 11.6. The Kier molecular flexibility index (Phi) is 6.16. The molecule has 0 unspecified atom stereocenters. The largest absolute Gasteiger partial charge is 0.299 e. The molecule has 0 radical (unpaired) electrons. The molecule has 1 rings (SSSR count). The highest BCUT2D eigenvalue weighted by molar-refractivity contribution is 5.82. The van der Waals surface area contributed by atoms with Crippen LogP contribution in [0.1, 0.15) is 38.4 Å². The van der Waals surface area contributed by atoms with E-state index in [0.29, 0.717) is 25.6 Å². The Morgan fingerprint density at radius 2 is 2.28 bits per heavy atom. The second-order valence-electron chi connectivity index (χ2n) is 4.28. The first-order chi connectivity index (χ1) is 8.71. The average Bonchev–Trinajstić information content (AvgIpc) is 2.79. The van der Waals surface area contributed by atoms with Crippen LogP contribution in [0.2, 0.25) is 0 Å². The van der Waals surface area contributed by atoms with Gasteiger partial charge in [0.05, 0.1) is 31.2 Å². The first-order valence-electron chi connectivity index (χ1n) is 6.41. The first-order valence-corrected chi connectivity index (χ1v) is 6.41. The molecule has 0 atom stereocenters. The molecule has 0 fully saturated rings. The Bertz CT molecular complexity index is 413. The second-order valence-corrected chi connectivity index (χ2v) is 4.28. The molecule has 1 aromatic heterocycles. The van der Waals surface area contributed by atoms with E-state index in [1.807, 2.05) is 16.9 Å². The highest BCUT2D eigenvalue weighted by Gasteiger charge is 2.10. The minimum absolute atomic E-state index is 0.111. The van der Waals surface area contributed by atoms with Crippen LogP contribution < -0.4 is 5.32 Å². The summed E-state index contributed by atoms with van der Waals surface area (Å²) < 4.78 is 1.96. The third-order valence-electron chi connectivity index (χ3n) is 2.91. The van der Waals surface area contributed by atoms with Crippen molar-refractivity contribution in [2.75, 3.05) is 13.1 Å². The lowest BCUT2D eigenvalue weighted by molar-refractivity contribution is -0.117. The van der Waals surface area contributed by atoms with Crippen molar-refractivity contribution < 1.29 is 4.79 Å². The van der Waals surface area contributed by atoms with E-state index in [2.05, 4.69) is 30.2 Å². The topological polar surface area (TPSA) is 46.9 Å². The number of carbonyl (C=O) groups is 1. The van der Waals surface area contributed by atoms with E-state index >= 15 is 0 Å². The van der Waals surface area contributed by atoms with Crippen LogP contribution in [0.3, 0.4) is 0 Å². The predicted octanol–water partition coefficient (Wildman–Crippen LogP) is 1.58. The zero-order valence-corrected chi connectivity index (χ0v) is 11.1. The van der Waals surface area contributed by atoms with Crippen molar-refractivity contribution in [1.29, 1.82) is 0 Å². The lowest BCUT2D eigenvalue weighted by Gasteiger charge is -2.12. The molecule has 0 spiro atoms. The zero-order chi connectivity index (χ0) is 13.4. The Balaban J connectivity index is 2.48. The van der Waals surface area contributed by atoms with Crippen molar-refractivity contribution in [3.63, 3.8) is 0 Å². The molecule has 0 aliphatic heterocycles. The fraction of sp³-hybridized carbons (Fsp3) is 0.571. The maximum Gasteiger partial charge on any atom is 0.152 e.